The van der Waals surface area contributed by atoms with Crippen molar-refractivity contribution in [2.45, 2.75) is 32.3 Å². The molecular weight excluding hydrogens is 242 g/mol. The first-order chi connectivity index (χ1) is 9.07. The summed E-state index contributed by atoms with van der Waals surface area (Å²) in [6, 6.07) is 7.50. The van der Waals surface area contributed by atoms with Gasteiger partial charge in [0.15, 0.2) is 0 Å². The van der Waals surface area contributed by atoms with Gasteiger partial charge < -0.3 is 19.9 Å². The normalized spacial score (nSPS) is 13.9. The van der Waals surface area contributed by atoms with Gasteiger partial charge in [0.2, 0.25) is 0 Å². The van der Waals surface area contributed by atoms with Gasteiger partial charge >= 0.3 is 0 Å². The lowest BCUT2D eigenvalue weighted by atomic mass is 10.0. The first-order valence-electron chi connectivity index (χ1n) is 6.77. The highest BCUT2D eigenvalue weighted by molar-refractivity contribution is 5.31. The predicted octanol–water partition coefficient (Wildman–Crippen LogP) is 2.21. The highest BCUT2D eigenvalue weighted by Gasteiger charge is 2.17. The molecule has 108 valence electrons. The topological polar surface area (TPSA) is 50.7 Å². The molecule has 0 spiro atoms. The van der Waals surface area contributed by atoms with Crippen LogP contribution in [0.1, 0.15) is 26.7 Å². The number of rotatable bonds is 9. The summed E-state index contributed by atoms with van der Waals surface area (Å²) in [5, 5.41) is 13.2. The number of benzene rings is 1. The third-order valence-electron chi connectivity index (χ3n) is 2.90. The first-order valence-corrected chi connectivity index (χ1v) is 6.77. The van der Waals surface area contributed by atoms with Crippen molar-refractivity contribution in [3.8, 4) is 11.5 Å². The Labute approximate surface area is 115 Å². The second-order valence-electron chi connectivity index (χ2n) is 4.95. The van der Waals surface area contributed by atoms with Crippen LogP contribution >= 0.6 is 0 Å². The maximum absolute atomic E-state index is 9.97. The zero-order valence-electron chi connectivity index (χ0n) is 12.1. The van der Waals surface area contributed by atoms with E-state index < -0.39 is 5.60 Å². The Bertz CT molecular complexity index is 349. The molecule has 0 radical (unpaired) electrons. The smallest absolute Gasteiger partial charge is 0.119 e. The van der Waals surface area contributed by atoms with Crippen molar-refractivity contribution in [1.29, 1.82) is 0 Å². The summed E-state index contributed by atoms with van der Waals surface area (Å²) in [7, 11) is 1.64. The monoisotopic (exact) mass is 267 g/mol. The minimum atomic E-state index is -0.630. The summed E-state index contributed by atoms with van der Waals surface area (Å²) in [5.74, 6) is 1.64. The van der Waals surface area contributed by atoms with Crippen molar-refractivity contribution in [2.75, 3.05) is 26.8 Å². The molecule has 1 aromatic carbocycles. The van der Waals surface area contributed by atoms with Crippen LogP contribution in [0.3, 0.4) is 0 Å². The molecule has 1 rings (SSSR count). The molecule has 19 heavy (non-hydrogen) atoms. The van der Waals surface area contributed by atoms with E-state index >= 15 is 0 Å². The number of hydrogen-bond acceptors (Lipinski definition) is 4. The van der Waals surface area contributed by atoms with E-state index in [1.54, 1.807) is 7.11 Å². The molecule has 0 heterocycles. The zero-order chi connectivity index (χ0) is 14.1. The molecule has 0 aliphatic carbocycles. The van der Waals surface area contributed by atoms with Crippen molar-refractivity contribution in [3.05, 3.63) is 24.3 Å². The summed E-state index contributed by atoms with van der Waals surface area (Å²) in [6.07, 6.45) is 1.79. The number of aliphatic hydroxyl groups is 1. The summed E-state index contributed by atoms with van der Waals surface area (Å²) in [4.78, 5) is 0. The molecule has 0 fully saturated rings. The quantitative estimate of drug-likeness (QED) is 0.674. The van der Waals surface area contributed by atoms with Gasteiger partial charge in [-0.3, -0.25) is 0 Å². The van der Waals surface area contributed by atoms with Gasteiger partial charge in [0.05, 0.1) is 12.7 Å². The van der Waals surface area contributed by atoms with Gasteiger partial charge in [-0.05, 0) is 37.6 Å². The van der Waals surface area contributed by atoms with Crippen molar-refractivity contribution in [2.24, 2.45) is 0 Å². The van der Waals surface area contributed by atoms with Crippen LogP contribution in [0.25, 0.3) is 0 Å². The zero-order valence-corrected chi connectivity index (χ0v) is 12.1. The lowest BCUT2D eigenvalue weighted by Crippen LogP contribution is -2.39. The molecule has 0 saturated heterocycles. The average molecular weight is 267 g/mol. The van der Waals surface area contributed by atoms with Gasteiger partial charge in [-0.2, -0.15) is 0 Å². The number of methoxy groups -OCH3 is 1. The molecule has 0 aliphatic heterocycles. The predicted molar refractivity (Wildman–Crippen MR) is 76.9 cm³/mol. The Balaban J connectivity index is 2.16. The van der Waals surface area contributed by atoms with Gasteiger partial charge in [0.1, 0.15) is 18.1 Å². The Morgan fingerprint density at radius 2 is 1.84 bits per heavy atom. The SMILES string of the molecule is CCCC(C)(O)CNCCOc1ccc(OC)cc1. The van der Waals surface area contributed by atoms with Crippen molar-refractivity contribution in [1.82, 2.24) is 5.32 Å². The average Bonchev–Trinajstić information content (AvgIpc) is 2.39. The summed E-state index contributed by atoms with van der Waals surface area (Å²) < 4.78 is 10.7. The van der Waals surface area contributed by atoms with Crippen LogP contribution in [-0.4, -0.2) is 37.5 Å². The minimum Gasteiger partial charge on any atom is -0.497 e. The number of ether oxygens (including phenoxy) is 2. The molecule has 0 saturated carbocycles. The molecule has 1 unspecified atom stereocenters. The van der Waals surface area contributed by atoms with E-state index in [9.17, 15) is 5.11 Å². The lowest BCUT2D eigenvalue weighted by Gasteiger charge is -2.23. The van der Waals surface area contributed by atoms with E-state index in [0.29, 0.717) is 19.7 Å². The Morgan fingerprint density at radius 3 is 2.42 bits per heavy atom. The maximum Gasteiger partial charge on any atom is 0.119 e. The van der Waals surface area contributed by atoms with Crippen molar-refractivity contribution >= 4 is 0 Å². The Kier molecular flexibility index (Phi) is 6.67. The lowest BCUT2D eigenvalue weighted by molar-refractivity contribution is 0.0494. The van der Waals surface area contributed by atoms with Gasteiger partial charge in [0, 0.05) is 13.1 Å². The van der Waals surface area contributed by atoms with E-state index in [1.807, 2.05) is 31.2 Å². The second kappa shape index (κ2) is 8.02. The van der Waals surface area contributed by atoms with Crippen LogP contribution in [-0.2, 0) is 0 Å². The Hall–Kier alpha value is -1.26. The molecule has 4 heteroatoms. The summed E-state index contributed by atoms with van der Waals surface area (Å²) in [5.41, 5.74) is -0.630. The van der Waals surface area contributed by atoms with Gasteiger partial charge in [0.25, 0.3) is 0 Å². The summed E-state index contributed by atoms with van der Waals surface area (Å²) >= 11 is 0. The largest absolute Gasteiger partial charge is 0.497 e. The molecule has 0 aromatic heterocycles. The number of nitrogens with one attached hydrogen (secondary N) is 1. The van der Waals surface area contributed by atoms with Crippen LogP contribution in [0.4, 0.5) is 0 Å². The fraction of sp³-hybridized carbons (Fsp3) is 0.600. The molecule has 2 N–H and O–H groups in total. The molecule has 4 nitrogen and oxygen atoms in total. The highest BCUT2D eigenvalue weighted by Crippen LogP contribution is 2.16. The van der Waals surface area contributed by atoms with Gasteiger partial charge in [-0.1, -0.05) is 13.3 Å². The van der Waals surface area contributed by atoms with Crippen LogP contribution in [0, 0.1) is 0 Å². The molecular formula is C15H25NO3. The van der Waals surface area contributed by atoms with E-state index in [4.69, 9.17) is 9.47 Å². The fourth-order valence-electron chi connectivity index (χ4n) is 1.90. The van der Waals surface area contributed by atoms with E-state index in [0.717, 1.165) is 24.3 Å². The maximum atomic E-state index is 9.97. The standard InChI is InChI=1S/C15H25NO3/c1-4-9-15(2,17)12-16-10-11-19-14-7-5-13(18-3)6-8-14/h5-8,16-17H,4,9-12H2,1-3H3. The van der Waals surface area contributed by atoms with Gasteiger partial charge in [-0.15, -0.1) is 0 Å². The molecule has 0 amide bonds. The van der Waals surface area contributed by atoms with Gasteiger partial charge in [-0.25, -0.2) is 0 Å². The van der Waals surface area contributed by atoms with Crippen LogP contribution in [0.2, 0.25) is 0 Å². The van der Waals surface area contributed by atoms with Crippen LogP contribution < -0.4 is 14.8 Å². The van der Waals surface area contributed by atoms with E-state index in [2.05, 4.69) is 12.2 Å². The van der Waals surface area contributed by atoms with E-state index in [-0.39, 0.29) is 0 Å². The van der Waals surface area contributed by atoms with Crippen LogP contribution in [0.5, 0.6) is 11.5 Å². The highest BCUT2D eigenvalue weighted by atomic mass is 16.5. The third kappa shape index (κ3) is 6.45. The van der Waals surface area contributed by atoms with E-state index in [1.165, 1.54) is 0 Å². The second-order valence-corrected chi connectivity index (χ2v) is 4.95. The molecule has 0 aliphatic rings. The van der Waals surface area contributed by atoms with Crippen molar-refractivity contribution in [3.63, 3.8) is 0 Å². The van der Waals surface area contributed by atoms with Crippen LogP contribution in [0.15, 0.2) is 24.3 Å². The third-order valence-corrected chi connectivity index (χ3v) is 2.90. The minimum absolute atomic E-state index is 0.578. The first kappa shape index (κ1) is 15.8. The molecule has 0 bridgehead atoms. The summed E-state index contributed by atoms with van der Waals surface area (Å²) in [6.45, 7) is 5.81. The molecule has 1 aromatic rings. The van der Waals surface area contributed by atoms with Crippen molar-refractivity contribution < 1.29 is 14.6 Å². The number of hydrogen-bond donors (Lipinski definition) is 2. The molecule has 1 atom stereocenters. The Morgan fingerprint density at radius 1 is 1.21 bits per heavy atom. The fourth-order valence-corrected chi connectivity index (χ4v) is 1.90.